The molecule has 2 rings (SSSR count). The standard InChI is InChI=1S/C19H31N/c1-4-7-16-10-11-18(14-20-3)19(12-16)13-17-9-6-5-8-15(17)2/h5-6,8-9,16,18-20H,4,7,10-14H2,1-3H3. The van der Waals surface area contributed by atoms with Gasteiger partial charge in [-0.1, -0.05) is 50.5 Å². The maximum atomic E-state index is 3.41. The molecule has 1 aromatic rings. The van der Waals surface area contributed by atoms with E-state index in [0.717, 1.165) is 17.8 Å². The second kappa shape index (κ2) is 7.83. The Balaban J connectivity index is 2.05. The zero-order valence-corrected chi connectivity index (χ0v) is 13.5. The first-order valence-electron chi connectivity index (χ1n) is 8.43. The highest BCUT2D eigenvalue weighted by molar-refractivity contribution is 5.26. The summed E-state index contributed by atoms with van der Waals surface area (Å²) in [5.41, 5.74) is 3.03. The molecule has 0 radical (unpaired) electrons. The highest BCUT2D eigenvalue weighted by Gasteiger charge is 2.29. The van der Waals surface area contributed by atoms with Crippen molar-refractivity contribution in [3.63, 3.8) is 0 Å². The van der Waals surface area contributed by atoms with Gasteiger partial charge in [-0.3, -0.25) is 0 Å². The van der Waals surface area contributed by atoms with Crippen molar-refractivity contribution in [1.82, 2.24) is 5.32 Å². The van der Waals surface area contributed by atoms with Gasteiger partial charge in [0.1, 0.15) is 0 Å². The molecule has 112 valence electrons. The minimum Gasteiger partial charge on any atom is -0.319 e. The number of aryl methyl sites for hydroxylation is 1. The molecule has 0 bridgehead atoms. The van der Waals surface area contributed by atoms with E-state index < -0.39 is 0 Å². The van der Waals surface area contributed by atoms with Crippen LogP contribution < -0.4 is 5.32 Å². The second-order valence-electron chi connectivity index (χ2n) is 6.68. The van der Waals surface area contributed by atoms with E-state index in [4.69, 9.17) is 0 Å². The molecule has 1 fully saturated rings. The van der Waals surface area contributed by atoms with Crippen LogP contribution in [0.15, 0.2) is 24.3 Å². The molecule has 0 aliphatic heterocycles. The Bertz CT molecular complexity index is 399. The Labute approximate surface area is 125 Å². The van der Waals surface area contributed by atoms with Gasteiger partial charge in [-0.05, 0) is 68.7 Å². The molecule has 0 heterocycles. The van der Waals surface area contributed by atoms with Crippen molar-refractivity contribution in [2.24, 2.45) is 17.8 Å². The van der Waals surface area contributed by atoms with Gasteiger partial charge < -0.3 is 5.32 Å². The topological polar surface area (TPSA) is 12.0 Å². The fourth-order valence-corrected chi connectivity index (χ4v) is 4.00. The molecule has 0 aromatic heterocycles. The minimum atomic E-state index is 0.868. The van der Waals surface area contributed by atoms with Crippen LogP contribution in [-0.2, 0) is 6.42 Å². The molecule has 20 heavy (non-hydrogen) atoms. The highest BCUT2D eigenvalue weighted by Crippen LogP contribution is 2.38. The van der Waals surface area contributed by atoms with Gasteiger partial charge >= 0.3 is 0 Å². The maximum absolute atomic E-state index is 3.41. The van der Waals surface area contributed by atoms with Gasteiger partial charge in [0.15, 0.2) is 0 Å². The van der Waals surface area contributed by atoms with Gasteiger partial charge in [-0.2, -0.15) is 0 Å². The van der Waals surface area contributed by atoms with E-state index in [-0.39, 0.29) is 0 Å². The van der Waals surface area contributed by atoms with E-state index in [2.05, 4.69) is 50.5 Å². The Morgan fingerprint density at radius 1 is 1.15 bits per heavy atom. The molecular formula is C19H31N. The summed E-state index contributed by atoms with van der Waals surface area (Å²) in [5, 5.41) is 3.41. The number of nitrogens with one attached hydrogen (secondary N) is 1. The minimum absolute atomic E-state index is 0.868. The number of hydrogen-bond acceptors (Lipinski definition) is 1. The Hall–Kier alpha value is -0.820. The molecule has 1 aromatic carbocycles. The van der Waals surface area contributed by atoms with E-state index in [1.54, 1.807) is 5.56 Å². The SMILES string of the molecule is CCCC1CCC(CNC)C(Cc2ccccc2C)C1. The van der Waals surface area contributed by atoms with Gasteiger partial charge in [0, 0.05) is 0 Å². The van der Waals surface area contributed by atoms with Crippen molar-refractivity contribution in [2.75, 3.05) is 13.6 Å². The van der Waals surface area contributed by atoms with E-state index >= 15 is 0 Å². The highest BCUT2D eigenvalue weighted by atomic mass is 14.8. The van der Waals surface area contributed by atoms with Crippen LogP contribution in [-0.4, -0.2) is 13.6 Å². The summed E-state index contributed by atoms with van der Waals surface area (Å²) >= 11 is 0. The normalized spacial score (nSPS) is 26.6. The Morgan fingerprint density at radius 2 is 1.95 bits per heavy atom. The van der Waals surface area contributed by atoms with Gasteiger partial charge in [-0.25, -0.2) is 0 Å². The van der Waals surface area contributed by atoms with Crippen LogP contribution in [0.2, 0.25) is 0 Å². The third-order valence-corrected chi connectivity index (χ3v) is 5.16. The van der Waals surface area contributed by atoms with E-state index in [1.807, 2.05) is 0 Å². The summed E-state index contributed by atoms with van der Waals surface area (Å²) in [7, 11) is 2.10. The summed E-state index contributed by atoms with van der Waals surface area (Å²) in [6, 6.07) is 8.94. The summed E-state index contributed by atoms with van der Waals surface area (Å²) in [4.78, 5) is 0. The summed E-state index contributed by atoms with van der Waals surface area (Å²) in [6.07, 6.45) is 8.36. The predicted octanol–water partition coefficient (Wildman–Crippen LogP) is 4.59. The maximum Gasteiger partial charge on any atom is -0.00208 e. The smallest absolute Gasteiger partial charge is 0.00208 e. The van der Waals surface area contributed by atoms with Gasteiger partial charge in [0.05, 0.1) is 0 Å². The first kappa shape index (κ1) is 15.6. The number of rotatable bonds is 6. The second-order valence-corrected chi connectivity index (χ2v) is 6.68. The quantitative estimate of drug-likeness (QED) is 0.799. The number of hydrogen-bond donors (Lipinski definition) is 1. The monoisotopic (exact) mass is 273 g/mol. The molecule has 3 atom stereocenters. The molecule has 1 aliphatic rings. The summed E-state index contributed by atoms with van der Waals surface area (Å²) in [5.74, 6) is 2.71. The molecule has 0 saturated heterocycles. The lowest BCUT2D eigenvalue weighted by Gasteiger charge is -2.36. The molecule has 1 nitrogen and oxygen atoms in total. The molecule has 1 heteroatoms. The van der Waals surface area contributed by atoms with Crippen LogP contribution in [0.5, 0.6) is 0 Å². The molecular weight excluding hydrogens is 242 g/mol. The third kappa shape index (κ3) is 4.09. The molecule has 3 unspecified atom stereocenters. The zero-order valence-electron chi connectivity index (χ0n) is 13.5. The fourth-order valence-electron chi connectivity index (χ4n) is 4.00. The Morgan fingerprint density at radius 3 is 2.65 bits per heavy atom. The van der Waals surface area contributed by atoms with Crippen LogP contribution in [0.3, 0.4) is 0 Å². The fraction of sp³-hybridized carbons (Fsp3) is 0.684. The van der Waals surface area contributed by atoms with E-state index in [9.17, 15) is 0 Å². The molecule has 1 N–H and O–H groups in total. The zero-order chi connectivity index (χ0) is 14.4. The first-order chi connectivity index (χ1) is 9.74. The van der Waals surface area contributed by atoms with Gasteiger partial charge in [0.25, 0.3) is 0 Å². The van der Waals surface area contributed by atoms with Crippen molar-refractivity contribution in [1.29, 1.82) is 0 Å². The van der Waals surface area contributed by atoms with Crippen LogP contribution >= 0.6 is 0 Å². The van der Waals surface area contributed by atoms with Gasteiger partial charge in [0.2, 0.25) is 0 Å². The molecule has 0 spiro atoms. The molecule has 1 aliphatic carbocycles. The summed E-state index contributed by atoms with van der Waals surface area (Å²) < 4.78 is 0. The summed E-state index contributed by atoms with van der Waals surface area (Å²) in [6.45, 7) is 5.78. The van der Waals surface area contributed by atoms with Crippen molar-refractivity contribution in [3.05, 3.63) is 35.4 Å². The van der Waals surface area contributed by atoms with Crippen molar-refractivity contribution in [3.8, 4) is 0 Å². The van der Waals surface area contributed by atoms with E-state index in [0.29, 0.717) is 0 Å². The predicted molar refractivity (Wildman–Crippen MR) is 88.0 cm³/mol. The average molecular weight is 273 g/mol. The van der Waals surface area contributed by atoms with Gasteiger partial charge in [-0.15, -0.1) is 0 Å². The third-order valence-electron chi connectivity index (χ3n) is 5.16. The number of benzene rings is 1. The van der Waals surface area contributed by atoms with Crippen LogP contribution in [0.25, 0.3) is 0 Å². The first-order valence-corrected chi connectivity index (χ1v) is 8.43. The molecule has 0 amide bonds. The Kier molecular flexibility index (Phi) is 6.09. The van der Waals surface area contributed by atoms with Crippen LogP contribution in [0, 0.1) is 24.7 Å². The lowest BCUT2D eigenvalue weighted by atomic mass is 9.70. The van der Waals surface area contributed by atoms with Crippen molar-refractivity contribution >= 4 is 0 Å². The average Bonchev–Trinajstić information content (AvgIpc) is 2.45. The lowest BCUT2D eigenvalue weighted by molar-refractivity contribution is 0.169. The van der Waals surface area contributed by atoms with Crippen LogP contribution in [0.4, 0.5) is 0 Å². The molecule has 1 saturated carbocycles. The van der Waals surface area contributed by atoms with Crippen molar-refractivity contribution in [2.45, 2.75) is 52.4 Å². The van der Waals surface area contributed by atoms with Crippen molar-refractivity contribution < 1.29 is 0 Å². The lowest BCUT2D eigenvalue weighted by Crippen LogP contribution is -2.33. The largest absolute Gasteiger partial charge is 0.319 e. The van der Waals surface area contributed by atoms with Crippen LogP contribution in [0.1, 0.15) is 50.2 Å². The van der Waals surface area contributed by atoms with E-state index in [1.165, 1.54) is 50.6 Å².